The Balaban J connectivity index is 3.61. The van der Waals surface area contributed by atoms with Gasteiger partial charge in [-0.3, -0.25) is 4.90 Å². The Kier molecular flexibility index (Phi) is 7.23. The van der Waals surface area contributed by atoms with E-state index >= 15 is 0 Å². The van der Waals surface area contributed by atoms with Crippen molar-refractivity contribution in [3.05, 3.63) is 6.23 Å². The summed E-state index contributed by atoms with van der Waals surface area (Å²) in [5.41, 5.74) is 0. The van der Waals surface area contributed by atoms with Gasteiger partial charge < -0.3 is 10.0 Å². The second-order valence-electron chi connectivity index (χ2n) is 3.22. The van der Waals surface area contributed by atoms with Crippen LogP contribution in [0.3, 0.4) is 0 Å². The summed E-state index contributed by atoms with van der Waals surface area (Å²) in [6, 6.07) is 0. The first-order chi connectivity index (χ1) is 6.15. The smallest absolute Gasteiger partial charge is 0.160 e. The maximum absolute atomic E-state index is 9.41. The lowest BCUT2D eigenvalue weighted by Gasteiger charge is -2.25. The number of hydrogen-bond donors (Lipinski definition) is 1. The highest BCUT2D eigenvalue weighted by Crippen LogP contribution is 2.04. The number of aliphatic hydroxyl groups excluding tert-OH is 1. The molecule has 13 heavy (non-hydrogen) atoms. The lowest BCUT2D eigenvalue weighted by molar-refractivity contribution is 0.116. The minimum atomic E-state index is 0.479. The summed E-state index contributed by atoms with van der Waals surface area (Å²) in [6.45, 7) is 10.4. The highest BCUT2D eigenvalue weighted by molar-refractivity contribution is 4.72. The molecule has 0 aromatic rings. The molecule has 0 aromatic carbocycles. The van der Waals surface area contributed by atoms with Crippen LogP contribution in [0, 0.1) is 6.23 Å². The van der Waals surface area contributed by atoms with E-state index in [9.17, 15) is 5.11 Å². The highest BCUT2D eigenvalue weighted by Gasteiger charge is 2.10. The third-order valence-electron chi connectivity index (χ3n) is 2.40. The molecule has 3 heteroatoms. The van der Waals surface area contributed by atoms with Crippen molar-refractivity contribution in [2.24, 2.45) is 0 Å². The fourth-order valence-electron chi connectivity index (χ4n) is 1.23. The third-order valence-corrected chi connectivity index (χ3v) is 2.40. The Bertz CT molecular complexity index is 115. The van der Waals surface area contributed by atoms with E-state index in [1.54, 1.807) is 0 Å². The zero-order valence-electron chi connectivity index (χ0n) is 9.38. The van der Waals surface area contributed by atoms with Crippen molar-refractivity contribution in [3.8, 4) is 0 Å². The van der Waals surface area contributed by atoms with Crippen LogP contribution in [0.1, 0.15) is 27.2 Å². The summed E-state index contributed by atoms with van der Waals surface area (Å²) in [5.74, 6) is 0. The van der Waals surface area contributed by atoms with E-state index in [0.29, 0.717) is 6.23 Å². The van der Waals surface area contributed by atoms with E-state index in [4.69, 9.17) is 0 Å². The van der Waals surface area contributed by atoms with E-state index in [0.717, 1.165) is 32.6 Å². The average Bonchev–Trinajstić information content (AvgIpc) is 2.17. The molecule has 0 aliphatic heterocycles. The summed E-state index contributed by atoms with van der Waals surface area (Å²) in [5, 5.41) is 9.41. The lowest BCUT2D eigenvalue weighted by Crippen LogP contribution is -2.34. The van der Waals surface area contributed by atoms with E-state index in [1.807, 2.05) is 18.9 Å². The number of aliphatic hydroxyl groups is 1. The van der Waals surface area contributed by atoms with Gasteiger partial charge in [0.25, 0.3) is 0 Å². The van der Waals surface area contributed by atoms with Crippen LogP contribution in [0.25, 0.3) is 0 Å². The van der Waals surface area contributed by atoms with Gasteiger partial charge >= 0.3 is 0 Å². The summed E-state index contributed by atoms with van der Waals surface area (Å²) in [6.07, 6.45) is 1.20. The Morgan fingerprint density at radius 2 is 1.62 bits per heavy atom. The van der Waals surface area contributed by atoms with Gasteiger partial charge in [0.15, 0.2) is 6.23 Å². The largest absolute Gasteiger partial charge is 0.371 e. The molecule has 0 bridgehead atoms. The van der Waals surface area contributed by atoms with Crippen molar-refractivity contribution in [1.82, 2.24) is 9.80 Å². The molecule has 0 rings (SSSR count). The van der Waals surface area contributed by atoms with Crippen LogP contribution in [0.15, 0.2) is 0 Å². The van der Waals surface area contributed by atoms with Crippen LogP contribution in [0.4, 0.5) is 0 Å². The number of rotatable bonds is 7. The highest BCUT2D eigenvalue weighted by atomic mass is 16.3. The normalized spacial score (nSPS) is 12.0. The first-order valence-corrected chi connectivity index (χ1v) is 5.13. The molecular formula is C10H23N2O. The van der Waals surface area contributed by atoms with Crippen LogP contribution in [0.2, 0.25) is 0 Å². The van der Waals surface area contributed by atoms with Crippen molar-refractivity contribution < 1.29 is 5.11 Å². The average molecular weight is 187 g/mol. The van der Waals surface area contributed by atoms with Crippen molar-refractivity contribution in [2.75, 3.05) is 33.2 Å². The molecule has 3 nitrogen and oxygen atoms in total. The molecule has 0 aliphatic carbocycles. The minimum absolute atomic E-state index is 0.479. The van der Waals surface area contributed by atoms with Crippen molar-refractivity contribution >= 4 is 0 Å². The summed E-state index contributed by atoms with van der Waals surface area (Å²) >= 11 is 0. The van der Waals surface area contributed by atoms with Crippen LogP contribution >= 0.6 is 0 Å². The molecule has 1 N–H and O–H groups in total. The van der Waals surface area contributed by atoms with E-state index in [1.165, 1.54) is 0 Å². The Morgan fingerprint density at radius 3 is 2.00 bits per heavy atom. The van der Waals surface area contributed by atoms with Gasteiger partial charge in [-0.1, -0.05) is 20.8 Å². The molecular weight excluding hydrogens is 164 g/mol. The van der Waals surface area contributed by atoms with Gasteiger partial charge in [0.05, 0.1) is 0 Å². The van der Waals surface area contributed by atoms with Gasteiger partial charge in [-0.25, -0.2) is 0 Å². The van der Waals surface area contributed by atoms with E-state index in [-0.39, 0.29) is 0 Å². The molecule has 0 aliphatic rings. The van der Waals surface area contributed by atoms with Gasteiger partial charge in [0.1, 0.15) is 0 Å². The summed E-state index contributed by atoms with van der Waals surface area (Å²) in [4.78, 5) is 4.26. The predicted octanol–water partition coefficient (Wildman–Crippen LogP) is 1.53. The van der Waals surface area contributed by atoms with Crippen LogP contribution in [0.5, 0.6) is 0 Å². The maximum atomic E-state index is 9.41. The molecule has 1 radical (unpaired) electrons. The van der Waals surface area contributed by atoms with Crippen LogP contribution in [-0.4, -0.2) is 48.1 Å². The summed E-state index contributed by atoms with van der Waals surface area (Å²) < 4.78 is 0. The fraction of sp³-hybridized carbons (Fsp3) is 0.900. The third kappa shape index (κ3) is 5.24. The molecule has 0 heterocycles. The van der Waals surface area contributed by atoms with Crippen LogP contribution in [-0.2, 0) is 0 Å². The van der Waals surface area contributed by atoms with Gasteiger partial charge in [0.2, 0.25) is 0 Å². The van der Waals surface area contributed by atoms with Gasteiger partial charge in [-0.2, -0.15) is 0 Å². The second-order valence-corrected chi connectivity index (χ2v) is 3.22. The molecule has 0 spiro atoms. The number of likely N-dealkylation sites (N-methyl/N-ethyl adjacent to an activating group) is 2. The second kappa shape index (κ2) is 7.30. The molecule has 0 atom stereocenters. The van der Waals surface area contributed by atoms with Crippen molar-refractivity contribution in [3.63, 3.8) is 0 Å². The van der Waals surface area contributed by atoms with Crippen molar-refractivity contribution in [2.45, 2.75) is 27.2 Å². The van der Waals surface area contributed by atoms with Gasteiger partial charge in [0, 0.05) is 13.1 Å². The SMILES string of the molecule is CC[C](O)N(C)CCN(CC)CC. The van der Waals surface area contributed by atoms with Crippen molar-refractivity contribution in [1.29, 1.82) is 0 Å². The molecule has 0 saturated heterocycles. The Hall–Kier alpha value is -0.120. The lowest BCUT2D eigenvalue weighted by atomic mass is 10.3. The predicted molar refractivity (Wildman–Crippen MR) is 55.9 cm³/mol. The zero-order valence-corrected chi connectivity index (χ0v) is 9.38. The molecule has 79 valence electrons. The van der Waals surface area contributed by atoms with Gasteiger partial charge in [-0.15, -0.1) is 0 Å². The quantitative estimate of drug-likeness (QED) is 0.655. The first kappa shape index (κ1) is 12.9. The van der Waals surface area contributed by atoms with Crippen LogP contribution < -0.4 is 0 Å². The van der Waals surface area contributed by atoms with Gasteiger partial charge in [-0.05, 0) is 26.6 Å². The monoisotopic (exact) mass is 187 g/mol. The maximum Gasteiger partial charge on any atom is 0.160 e. The molecule has 0 fully saturated rings. The standard InChI is InChI=1S/C10H23N2O/c1-5-10(13)11(4)8-9-12(6-2)7-3/h13H,5-9H2,1-4H3. The molecule has 0 unspecified atom stereocenters. The topological polar surface area (TPSA) is 26.7 Å². The number of nitrogens with zero attached hydrogens (tertiary/aromatic N) is 2. The fourth-order valence-corrected chi connectivity index (χ4v) is 1.23. The minimum Gasteiger partial charge on any atom is -0.371 e. The number of hydrogen-bond acceptors (Lipinski definition) is 3. The molecule has 0 amide bonds. The van der Waals surface area contributed by atoms with E-state index < -0.39 is 0 Å². The molecule has 0 saturated carbocycles. The summed E-state index contributed by atoms with van der Waals surface area (Å²) in [7, 11) is 1.93. The zero-order chi connectivity index (χ0) is 10.3. The Labute approximate surface area is 82.3 Å². The first-order valence-electron chi connectivity index (χ1n) is 5.13. The Morgan fingerprint density at radius 1 is 1.08 bits per heavy atom. The molecule has 0 aromatic heterocycles. The van der Waals surface area contributed by atoms with E-state index in [2.05, 4.69) is 18.7 Å².